The zero-order chi connectivity index (χ0) is 9.84. The Labute approximate surface area is 79.9 Å². The minimum atomic E-state index is -0.489. The fourth-order valence-corrected chi connectivity index (χ4v) is 1.20. The van der Waals surface area contributed by atoms with E-state index in [1.165, 1.54) is 18.2 Å². The molecular weight excluding hydrogens is 194 g/mol. The molecule has 0 radical (unpaired) electrons. The summed E-state index contributed by atoms with van der Waals surface area (Å²) < 4.78 is 0. The number of non-ortho nitro benzene ring substituents is 1. The maximum atomic E-state index is 10.4. The number of hydrogen-bond acceptors (Lipinski definition) is 3. The van der Waals surface area contributed by atoms with Crippen molar-refractivity contribution in [2.75, 3.05) is 6.61 Å². The number of nitro groups is 1. The Balaban J connectivity index is 3.03. The Morgan fingerprint density at radius 3 is 2.77 bits per heavy atom. The second-order valence-electron chi connectivity index (χ2n) is 2.51. The molecule has 4 nitrogen and oxygen atoms in total. The van der Waals surface area contributed by atoms with Crippen molar-refractivity contribution < 1.29 is 10.0 Å². The molecule has 0 atom stereocenters. The van der Waals surface area contributed by atoms with Crippen LogP contribution in [0.2, 0.25) is 5.02 Å². The summed E-state index contributed by atoms with van der Waals surface area (Å²) in [4.78, 5) is 9.88. The molecule has 1 rings (SSSR count). The molecule has 0 heterocycles. The lowest BCUT2D eigenvalue weighted by Gasteiger charge is -2.00. The monoisotopic (exact) mass is 201 g/mol. The first-order chi connectivity index (χ1) is 6.15. The van der Waals surface area contributed by atoms with Crippen LogP contribution in [-0.2, 0) is 6.42 Å². The Morgan fingerprint density at radius 2 is 2.23 bits per heavy atom. The van der Waals surface area contributed by atoms with E-state index in [1.54, 1.807) is 0 Å². The molecule has 1 aromatic rings. The van der Waals surface area contributed by atoms with E-state index in [4.69, 9.17) is 16.7 Å². The number of hydrogen-bond donors (Lipinski definition) is 1. The molecule has 70 valence electrons. The van der Waals surface area contributed by atoms with Crippen molar-refractivity contribution >= 4 is 17.3 Å². The van der Waals surface area contributed by atoms with Gasteiger partial charge in [0, 0.05) is 23.8 Å². The maximum Gasteiger partial charge on any atom is 0.269 e. The van der Waals surface area contributed by atoms with Gasteiger partial charge >= 0.3 is 0 Å². The van der Waals surface area contributed by atoms with Crippen molar-refractivity contribution in [2.45, 2.75) is 6.42 Å². The molecule has 0 spiro atoms. The molecule has 1 aromatic carbocycles. The molecule has 0 saturated carbocycles. The van der Waals surface area contributed by atoms with Crippen LogP contribution in [0.1, 0.15) is 5.56 Å². The normalized spacial score (nSPS) is 10.0. The van der Waals surface area contributed by atoms with E-state index < -0.39 is 4.92 Å². The highest BCUT2D eigenvalue weighted by molar-refractivity contribution is 6.31. The lowest BCUT2D eigenvalue weighted by Crippen LogP contribution is -1.94. The van der Waals surface area contributed by atoms with Gasteiger partial charge in [0.2, 0.25) is 0 Å². The summed E-state index contributed by atoms with van der Waals surface area (Å²) in [6.45, 7) is -0.0686. The van der Waals surface area contributed by atoms with Crippen LogP contribution < -0.4 is 0 Å². The van der Waals surface area contributed by atoms with Crippen LogP contribution in [0.5, 0.6) is 0 Å². The van der Waals surface area contributed by atoms with E-state index >= 15 is 0 Å². The van der Waals surface area contributed by atoms with Crippen LogP contribution in [0.4, 0.5) is 5.69 Å². The van der Waals surface area contributed by atoms with Crippen molar-refractivity contribution in [3.05, 3.63) is 38.9 Å². The number of rotatable bonds is 3. The molecule has 0 unspecified atom stereocenters. The summed E-state index contributed by atoms with van der Waals surface area (Å²) in [5.74, 6) is 0. The zero-order valence-corrected chi connectivity index (χ0v) is 7.49. The van der Waals surface area contributed by atoms with Crippen molar-refractivity contribution in [3.8, 4) is 0 Å². The summed E-state index contributed by atoms with van der Waals surface area (Å²) in [5.41, 5.74) is 0.589. The van der Waals surface area contributed by atoms with Gasteiger partial charge in [0.15, 0.2) is 0 Å². The molecule has 0 saturated heterocycles. The highest BCUT2D eigenvalue weighted by atomic mass is 35.5. The largest absolute Gasteiger partial charge is 0.396 e. The molecule has 0 aromatic heterocycles. The van der Waals surface area contributed by atoms with Gasteiger partial charge < -0.3 is 5.11 Å². The minimum absolute atomic E-state index is 0.00662. The van der Waals surface area contributed by atoms with E-state index in [-0.39, 0.29) is 12.3 Å². The Bertz CT molecular complexity index is 327. The smallest absolute Gasteiger partial charge is 0.269 e. The van der Waals surface area contributed by atoms with Crippen LogP contribution >= 0.6 is 11.6 Å². The third kappa shape index (κ3) is 2.40. The molecule has 0 bridgehead atoms. The van der Waals surface area contributed by atoms with Crippen LogP contribution in [0, 0.1) is 10.1 Å². The van der Waals surface area contributed by atoms with Gasteiger partial charge in [-0.1, -0.05) is 11.6 Å². The first kappa shape index (κ1) is 9.95. The van der Waals surface area contributed by atoms with Crippen LogP contribution in [0.15, 0.2) is 18.2 Å². The summed E-state index contributed by atoms with van der Waals surface area (Å²) in [7, 11) is 0. The van der Waals surface area contributed by atoms with Gasteiger partial charge in [0.25, 0.3) is 5.69 Å². The van der Waals surface area contributed by atoms with Gasteiger partial charge in [-0.2, -0.15) is 0 Å². The first-order valence-corrected chi connectivity index (χ1v) is 4.06. The van der Waals surface area contributed by atoms with Crippen LogP contribution in [-0.4, -0.2) is 16.6 Å². The second-order valence-corrected chi connectivity index (χ2v) is 2.91. The van der Waals surface area contributed by atoms with Gasteiger partial charge in [-0.15, -0.1) is 0 Å². The van der Waals surface area contributed by atoms with Crippen molar-refractivity contribution in [3.63, 3.8) is 0 Å². The predicted molar refractivity (Wildman–Crippen MR) is 48.9 cm³/mol. The van der Waals surface area contributed by atoms with Crippen molar-refractivity contribution in [2.24, 2.45) is 0 Å². The third-order valence-corrected chi connectivity index (χ3v) is 1.99. The lowest BCUT2D eigenvalue weighted by atomic mass is 10.1. The number of benzene rings is 1. The topological polar surface area (TPSA) is 63.4 Å². The highest BCUT2D eigenvalue weighted by Gasteiger charge is 2.08. The third-order valence-electron chi connectivity index (χ3n) is 1.62. The fraction of sp³-hybridized carbons (Fsp3) is 0.250. The van der Waals surface area contributed by atoms with E-state index in [2.05, 4.69) is 0 Å². The summed E-state index contributed by atoms with van der Waals surface area (Å²) in [6.07, 6.45) is 0.334. The Kier molecular flexibility index (Phi) is 3.22. The highest BCUT2D eigenvalue weighted by Crippen LogP contribution is 2.22. The molecule has 0 amide bonds. The summed E-state index contributed by atoms with van der Waals surface area (Å²) in [6, 6.07) is 4.17. The average Bonchev–Trinajstić information content (AvgIpc) is 2.08. The number of nitro benzene ring substituents is 1. The molecule has 0 aliphatic carbocycles. The number of aliphatic hydroxyl groups excluding tert-OH is 1. The Morgan fingerprint density at radius 1 is 1.54 bits per heavy atom. The lowest BCUT2D eigenvalue weighted by molar-refractivity contribution is -0.384. The summed E-state index contributed by atoms with van der Waals surface area (Å²) >= 11 is 5.75. The van der Waals surface area contributed by atoms with Crippen molar-refractivity contribution in [1.82, 2.24) is 0 Å². The number of nitrogens with zero attached hydrogens (tertiary/aromatic N) is 1. The average molecular weight is 202 g/mol. The van der Waals surface area contributed by atoms with Crippen molar-refractivity contribution in [1.29, 1.82) is 0 Å². The van der Waals surface area contributed by atoms with Gasteiger partial charge in [-0.05, 0) is 18.1 Å². The molecular formula is C8H8ClNO3. The van der Waals surface area contributed by atoms with E-state index in [0.29, 0.717) is 17.0 Å². The molecule has 0 fully saturated rings. The second kappa shape index (κ2) is 4.20. The molecule has 1 N–H and O–H groups in total. The van der Waals surface area contributed by atoms with Gasteiger partial charge in [-0.25, -0.2) is 0 Å². The van der Waals surface area contributed by atoms with Gasteiger partial charge in [-0.3, -0.25) is 10.1 Å². The van der Waals surface area contributed by atoms with E-state index in [1.807, 2.05) is 0 Å². The molecule has 0 aliphatic rings. The zero-order valence-electron chi connectivity index (χ0n) is 6.74. The standard InChI is InChI=1S/C8H8ClNO3/c9-8-2-1-7(10(12)13)5-6(8)3-4-11/h1-2,5,11H,3-4H2. The van der Waals surface area contributed by atoms with Crippen LogP contribution in [0.25, 0.3) is 0 Å². The SMILES string of the molecule is O=[N+]([O-])c1ccc(Cl)c(CCO)c1. The number of halogens is 1. The quantitative estimate of drug-likeness (QED) is 0.599. The van der Waals surface area contributed by atoms with Crippen LogP contribution in [0.3, 0.4) is 0 Å². The van der Waals surface area contributed by atoms with Gasteiger partial charge in [0.1, 0.15) is 0 Å². The molecule has 13 heavy (non-hydrogen) atoms. The number of aliphatic hydroxyl groups is 1. The minimum Gasteiger partial charge on any atom is -0.396 e. The first-order valence-electron chi connectivity index (χ1n) is 3.69. The molecule has 5 heteroatoms. The predicted octanol–water partition coefficient (Wildman–Crippen LogP) is 1.78. The van der Waals surface area contributed by atoms with E-state index in [0.717, 1.165) is 0 Å². The van der Waals surface area contributed by atoms with E-state index in [9.17, 15) is 10.1 Å². The molecule has 0 aliphatic heterocycles. The van der Waals surface area contributed by atoms with Gasteiger partial charge in [0.05, 0.1) is 4.92 Å². The Hall–Kier alpha value is -1.13. The maximum absolute atomic E-state index is 10.4. The summed E-state index contributed by atoms with van der Waals surface area (Å²) in [5, 5.41) is 19.5. The fourth-order valence-electron chi connectivity index (χ4n) is 0.987.